The summed E-state index contributed by atoms with van der Waals surface area (Å²) in [7, 11) is 1.62. The molecule has 0 saturated carbocycles. The van der Waals surface area contributed by atoms with Crippen LogP contribution in [0.4, 0.5) is 0 Å². The summed E-state index contributed by atoms with van der Waals surface area (Å²) in [5, 5.41) is 0. The SMILES string of the molecule is COc1ccc(Oc2ccc3[nH]c(=O)[nH]c3c2)cc1. The van der Waals surface area contributed by atoms with Crippen LogP contribution in [0.2, 0.25) is 0 Å². The van der Waals surface area contributed by atoms with Crippen molar-refractivity contribution in [2.75, 3.05) is 7.11 Å². The molecule has 1 aromatic heterocycles. The predicted molar refractivity (Wildman–Crippen MR) is 72.0 cm³/mol. The number of nitrogens with one attached hydrogen (secondary N) is 2. The van der Waals surface area contributed by atoms with Crippen molar-refractivity contribution in [3.05, 3.63) is 52.9 Å². The average Bonchev–Trinajstić information content (AvgIpc) is 2.79. The van der Waals surface area contributed by atoms with Gasteiger partial charge in [-0.05, 0) is 36.4 Å². The second kappa shape index (κ2) is 4.53. The van der Waals surface area contributed by atoms with Crippen LogP contribution in [0.25, 0.3) is 11.0 Å². The molecule has 0 aliphatic carbocycles. The summed E-state index contributed by atoms with van der Waals surface area (Å²) < 4.78 is 10.8. The van der Waals surface area contributed by atoms with Crippen LogP contribution in [0, 0.1) is 0 Å². The van der Waals surface area contributed by atoms with Crippen LogP contribution < -0.4 is 15.2 Å². The lowest BCUT2D eigenvalue weighted by Gasteiger charge is -2.06. The molecule has 0 aliphatic rings. The van der Waals surface area contributed by atoms with Gasteiger partial charge < -0.3 is 19.4 Å². The van der Waals surface area contributed by atoms with Crippen molar-refractivity contribution in [3.8, 4) is 17.2 Å². The number of benzene rings is 2. The third kappa shape index (κ3) is 2.30. The highest BCUT2D eigenvalue weighted by atomic mass is 16.5. The van der Waals surface area contributed by atoms with Gasteiger partial charge in [-0.15, -0.1) is 0 Å². The summed E-state index contributed by atoms with van der Waals surface area (Å²) in [6, 6.07) is 12.7. The molecule has 2 N–H and O–H groups in total. The second-order valence-corrected chi connectivity index (χ2v) is 4.06. The Balaban J connectivity index is 1.89. The van der Waals surface area contributed by atoms with E-state index in [0.29, 0.717) is 11.5 Å². The average molecular weight is 256 g/mol. The number of H-pyrrole nitrogens is 2. The normalized spacial score (nSPS) is 10.6. The van der Waals surface area contributed by atoms with Gasteiger partial charge >= 0.3 is 5.69 Å². The monoisotopic (exact) mass is 256 g/mol. The molecule has 2 aromatic carbocycles. The third-order valence-corrected chi connectivity index (χ3v) is 2.78. The Morgan fingerprint density at radius 3 is 2.21 bits per heavy atom. The Morgan fingerprint density at radius 2 is 1.47 bits per heavy atom. The van der Waals surface area contributed by atoms with Gasteiger partial charge in [0.05, 0.1) is 18.1 Å². The largest absolute Gasteiger partial charge is 0.497 e. The topological polar surface area (TPSA) is 67.1 Å². The molecule has 0 spiro atoms. The van der Waals surface area contributed by atoms with Crippen LogP contribution in [-0.2, 0) is 0 Å². The minimum Gasteiger partial charge on any atom is -0.497 e. The van der Waals surface area contributed by atoms with Crippen molar-refractivity contribution in [2.24, 2.45) is 0 Å². The second-order valence-electron chi connectivity index (χ2n) is 4.06. The zero-order valence-corrected chi connectivity index (χ0v) is 10.3. The highest BCUT2D eigenvalue weighted by molar-refractivity contribution is 5.76. The fourth-order valence-electron chi connectivity index (χ4n) is 1.85. The Morgan fingerprint density at radius 1 is 0.842 bits per heavy atom. The summed E-state index contributed by atoms with van der Waals surface area (Å²) in [6.45, 7) is 0. The number of aromatic amines is 2. The minimum atomic E-state index is -0.225. The molecular weight excluding hydrogens is 244 g/mol. The van der Waals surface area contributed by atoms with E-state index in [2.05, 4.69) is 9.97 Å². The van der Waals surface area contributed by atoms with Crippen LogP contribution in [0.3, 0.4) is 0 Å². The Hall–Kier alpha value is -2.69. The molecule has 1 heterocycles. The molecule has 96 valence electrons. The lowest BCUT2D eigenvalue weighted by molar-refractivity contribution is 0.413. The van der Waals surface area contributed by atoms with Gasteiger partial charge in [-0.2, -0.15) is 0 Å². The lowest BCUT2D eigenvalue weighted by atomic mass is 10.3. The fourth-order valence-corrected chi connectivity index (χ4v) is 1.85. The summed E-state index contributed by atoms with van der Waals surface area (Å²) in [5.74, 6) is 2.14. The first-order valence-corrected chi connectivity index (χ1v) is 5.78. The van der Waals surface area contributed by atoms with Crippen molar-refractivity contribution in [1.29, 1.82) is 0 Å². The van der Waals surface area contributed by atoms with E-state index in [1.54, 1.807) is 25.3 Å². The van der Waals surface area contributed by atoms with E-state index in [-0.39, 0.29) is 5.69 Å². The molecule has 3 rings (SSSR count). The molecule has 0 saturated heterocycles. The molecule has 0 amide bonds. The van der Waals surface area contributed by atoms with E-state index in [9.17, 15) is 4.79 Å². The molecule has 0 bridgehead atoms. The zero-order valence-electron chi connectivity index (χ0n) is 10.3. The van der Waals surface area contributed by atoms with Gasteiger partial charge in [-0.3, -0.25) is 0 Å². The number of hydrogen-bond acceptors (Lipinski definition) is 3. The number of imidazole rings is 1. The molecule has 0 unspecified atom stereocenters. The summed E-state index contributed by atoms with van der Waals surface area (Å²) in [4.78, 5) is 16.5. The molecule has 19 heavy (non-hydrogen) atoms. The van der Waals surface area contributed by atoms with Crippen molar-refractivity contribution < 1.29 is 9.47 Å². The molecule has 0 radical (unpaired) electrons. The van der Waals surface area contributed by atoms with E-state index in [0.717, 1.165) is 16.8 Å². The Bertz CT molecular complexity index is 756. The lowest BCUT2D eigenvalue weighted by Crippen LogP contribution is -1.99. The third-order valence-electron chi connectivity index (χ3n) is 2.78. The molecule has 0 atom stereocenters. The fraction of sp³-hybridized carbons (Fsp3) is 0.0714. The minimum absolute atomic E-state index is 0.225. The number of ether oxygens (including phenoxy) is 2. The number of methoxy groups -OCH3 is 1. The van der Waals surface area contributed by atoms with E-state index in [1.165, 1.54) is 0 Å². The van der Waals surface area contributed by atoms with Crippen LogP contribution >= 0.6 is 0 Å². The summed E-state index contributed by atoms with van der Waals surface area (Å²) in [5.41, 5.74) is 1.25. The van der Waals surface area contributed by atoms with Crippen LogP contribution in [0.5, 0.6) is 17.2 Å². The smallest absolute Gasteiger partial charge is 0.323 e. The van der Waals surface area contributed by atoms with Crippen molar-refractivity contribution in [1.82, 2.24) is 9.97 Å². The molecule has 5 heteroatoms. The predicted octanol–water partition coefficient (Wildman–Crippen LogP) is 2.66. The van der Waals surface area contributed by atoms with Gasteiger partial charge in [-0.25, -0.2) is 4.79 Å². The maximum atomic E-state index is 11.2. The highest BCUT2D eigenvalue weighted by Gasteiger charge is 2.02. The molecule has 0 aliphatic heterocycles. The van der Waals surface area contributed by atoms with E-state index in [1.807, 2.05) is 24.3 Å². The number of aromatic nitrogens is 2. The standard InChI is InChI=1S/C14H12N2O3/c1-18-9-2-4-10(5-3-9)19-11-6-7-12-13(8-11)16-14(17)15-12/h2-8H,1H3,(H2,15,16,17). The maximum Gasteiger partial charge on any atom is 0.323 e. The van der Waals surface area contributed by atoms with E-state index < -0.39 is 0 Å². The Kier molecular flexibility index (Phi) is 2.72. The molecular formula is C14H12N2O3. The van der Waals surface area contributed by atoms with Gasteiger partial charge in [0.25, 0.3) is 0 Å². The first kappa shape index (κ1) is 11.4. The van der Waals surface area contributed by atoms with Crippen molar-refractivity contribution in [2.45, 2.75) is 0 Å². The van der Waals surface area contributed by atoms with Crippen molar-refractivity contribution in [3.63, 3.8) is 0 Å². The first-order valence-electron chi connectivity index (χ1n) is 5.78. The summed E-state index contributed by atoms with van der Waals surface area (Å²) in [6.07, 6.45) is 0. The van der Waals surface area contributed by atoms with Crippen LogP contribution in [0.15, 0.2) is 47.3 Å². The zero-order chi connectivity index (χ0) is 13.2. The van der Waals surface area contributed by atoms with Gasteiger partial charge in [0.2, 0.25) is 0 Å². The molecule has 0 fully saturated rings. The quantitative estimate of drug-likeness (QED) is 0.757. The maximum absolute atomic E-state index is 11.2. The van der Waals surface area contributed by atoms with Crippen LogP contribution in [0.1, 0.15) is 0 Å². The van der Waals surface area contributed by atoms with E-state index >= 15 is 0 Å². The van der Waals surface area contributed by atoms with Gasteiger partial charge in [-0.1, -0.05) is 0 Å². The van der Waals surface area contributed by atoms with Crippen LogP contribution in [-0.4, -0.2) is 17.1 Å². The Labute approximate surface area is 108 Å². The summed E-state index contributed by atoms with van der Waals surface area (Å²) >= 11 is 0. The number of rotatable bonds is 3. The number of hydrogen-bond donors (Lipinski definition) is 2. The first-order chi connectivity index (χ1) is 9.24. The van der Waals surface area contributed by atoms with Crippen molar-refractivity contribution >= 4 is 11.0 Å². The number of fused-ring (bicyclic) bond motifs is 1. The van der Waals surface area contributed by atoms with Gasteiger partial charge in [0, 0.05) is 6.07 Å². The van der Waals surface area contributed by atoms with Gasteiger partial charge in [0.15, 0.2) is 0 Å². The van der Waals surface area contributed by atoms with Gasteiger partial charge in [0.1, 0.15) is 17.2 Å². The highest BCUT2D eigenvalue weighted by Crippen LogP contribution is 2.25. The molecule has 3 aromatic rings. The molecule has 5 nitrogen and oxygen atoms in total. The van der Waals surface area contributed by atoms with E-state index in [4.69, 9.17) is 9.47 Å².